The molecule has 0 amide bonds. The van der Waals surface area contributed by atoms with Crippen molar-refractivity contribution in [3.63, 3.8) is 0 Å². The molecule has 0 saturated carbocycles. The summed E-state index contributed by atoms with van der Waals surface area (Å²) in [5.41, 5.74) is 32.8. The number of hydrogen-bond donors (Lipinski definition) is 0. The van der Waals surface area contributed by atoms with E-state index < -0.39 is 0 Å². The standard InChI is InChI=1S/C72H62N4/c1-40-25-44(5)69(45(6)26-40)54-17-21-58-59-22-18-55(70-46(7)27-41(2)28-47(70)8)34-64(59)75(63(58)33-54)67-39-74-68(37-62(67)53-15-13-52(38-73)14-16-53)76-65-35-56(71-48(9)29-42(3)30-49(71)10)19-23-60(65)61-24-20-57(36-66(61)76)72-50(11)31-43(4)32-51(72)12/h13-37,39H,1-12H3. The van der Waals surface area contributed by atoms with E-state index >= 15 is 0 Å². The van der Waals surface area contributed by atoms with Gasteiger partial charge in [-0.05, 0) is 220 Å². The van der Waals surface area contributed by atoms with Crippen molar-refractivity contribution in [2.75, 3.05) is 0 Å². The fourth-order valence-corrected chi connectivity index (χ4v) is 13.4. The molecule has 3 heterocycles. The third kappa shape index (κ3) is 7.93. The molecule has 0 unspecified atom stereocenters. The summed E-state index contributed by atoms with van der Waals surface area (Å²) in [5.74, 6) is 0.811. The van der Waals surface area contributed by atoms with Crippen LogP contribution in [0.4, 0.5) is 0 Å². The second kappa shape index (κ2) is 18.3. The number of nitriles is 1. The summed E-state index contributed by atoms with van der Waals surface area (Å²) in [6.45, 7) is 26.5. The van der Waals surface area contributed by atoms with E-state index in [0.29, 0.717) is 5.56 Å². The molecule has 3 aromatic heterocycles. The van der Waals surface area contributed by atoms with Crippen molar-refractivity contribution in [3.05, 3.63) is 230 Å². The van der Waals surface area contributed by atoms with E-state index in [4.69, 9.17) is 4.98 Å². The highest BCUT2D eigenvalue weighted by Gasteiger charge is 2.23. The summed E-state index contributed by atoms with van der Waals surface area (Å²) in [5, 5.41) is 14.8. The van der Waals surface area contributed by atoms with E-state index in [1.807, 2.05) is 12.1 Å². The third-order valence-electron chi connectivity index (χ3n) is 16.1. The van der Waals surface area contributed by atoms with Gasteiger partial charge < -0.3 is 4.57 Å². The van der Waals surface area contributed by atoms with Gasteiger partial charge in [0.05, 0.1) is 45.6 Å². The molecule has 0 N–H and O–H groups in total. The van der Waals surface area contributed by atoms with Crippen LogP contribution in [0.25, 0.3) is 111 Å². The minimum atomic E-state index is 0.615. The van der Waals surface area contributed by atoms with Gasteiger partial charge in [-0.15, -0.1) is 0 Å². The minimum Gasteiger partial charge on any atom is -0.307 e. The topological polar surface area (TPSA) is 46.5 Å². The number of fused-ring (bicyclic) bond motifs is 6. The zero-order valence-corrected chi connectivity index (χ0v) is 45.8. The van der Waals surface area contributed by atoms with Crippen LogP contribution in [0.1, 0.15) is 72.3 Å². The van der Waals surface area contributed by atoms with Gasteiger partial charge in [-0.2, -0.15) is 5.26 Å². The molecule has 0 saturated heterocycles. The molecule has 0 radical (unpaired) electrons. The summed E-state index contributed by atoms with van der Waals surface area (Å²) >= 11 is 0. The number of aromatic nitrogens is 3. The molecular weight excluding hydrogens is 921 g/mol. The van der Waals surface area contributed by atoms with Crippen LogP contribution in [0.2, 0.25) is 0 Å². The predicted molar refractivity (Wildman–Crippen MR) is 322 cm³/mol. The molecule has 0 aliphatic heterocycles. The number of nitrogens with zero attached hydrogens (tertiary/aromatic N) is 4. The minimum absolute atomic E-state index is 0.615. The fourth-order valence-electron chi connectivity index (χ4n) is 13.4. The van der Waals surface area contributed by atoms with Crippen LogP contribution in [0, 0.1) is 94.4 Å². The summed E-state index contributed by atoms with van der Waals surface area (Å²) in [7, 11) is 0. The van der Waals surface area contributed by atoms with Gasteiger partial charge >= 0.3 is 0 Å². The van der Waals surface area contributed by atoms with Gasteiger partial charge in [0.15, 0.2) is 0 Å². The number of hydrogen-bond acceptors (Lipinski definition) is 2. The van der Waals surface area contributed by atoms with Crippen LogP contribution in [0.15, 0.2) is 158 Å². The van der Waals surface area contributed by atoms with E-state index in [-0.39, 0.29) is 0 Å². The van der Waals surface area contributed by atoms with Crippen molar-refractivity contribution in [3.8, 4) is 73.2 Å². The fraction of sp³-hybridized carbons (Fsp3) is 0.167. The summed E-state index contributed by atoms with van der Waals surface area (Å²) in [6.07, 6.45) is 2.10. The Kier molecular flexibility index (Phi) is 11.6. The lowest BCUT2D eigenvalue weighted by Gasteiger charge is -2.18. The Bertz CT molecular complexity index is 4150. The second-order valence-electron chi connectivity index (χ2n) is 21.9. The highest BCUT2D eigenvalue weighted by atomic mass is 15.1. The first-order chi connectivity index (χ1) is 36.5. The van der Waals surface area contributed by atoms with Crippen LogP contribution in [0.5, 0.6) is 0 Å². The highest BCUT2D eigenvalue weighted by Crippen LogP contribution is 2.44. The molecule has 12 aromatic rings. The van der Waals surface area contributed by atoms with Gasteiger partial charge in [-0.3, -0.25) is 4.57 Å². The average Bonchev–Trinajstić information content (AvgIpc) is 3.86. The van der Waals surface area contributed by atoms with E-state index in [0.717, 1.165) is 44.7 Å². The molecule has 76 heavy (non-hydrogen) atoms. The SMILES string of the molecule is Cc1cc(C)c(-c2ccc3c4ccc(-c5c(C)cc(C)cc5C)cc4n(-c4cc(-c5ccc(C#N)cc5)c(-n5c6cc(-c7c(C)cc(C)cc7C)ccc6c6ccc(-c7c(C)cc(C)cc7C)cc65)cn4)c3c2)c(C)c1. The lowest BCUT2D eigenvalue weighted by atomic mass is 9.92. The Labute approximate surface area is 447 Å². The van der Waals surface area contributed by atoms with Crippen molar-refractivity contribution >= 4 is 43.6 Å². The molecule has 4 heteroatoms. The number of rotatable bonds is 7. The van der Waals surface area contributed by atoms with E-state index in [1.54, 1.807) is 0 Å². The Morgan fingerprint density at radius 3 is 0.921 bits per heavy atom. The van der Waals surface area contributed by atoms with Crippen LogP contribution >= 0.6 is 0 Å². The Morgan fingerprint density at radius 2 is 0.618 bits per heavy atom. The van der Waals surface area contributed by atoms with E-state index in [2.05, 4.69) is 244 Å². The first-order valence-corrected chi connectivity index (χ1v) is 26.6. The first-order valence-electron chi connectivity index (χ1n) is 26.6. The van der Waals surface area contributed by atoms with Crippen molar-refractivity contribution in [2.24, 2.45) is 0 Å². The Hall–Kier alpha value is -8.78. The van der Waals surface area contributed by atoms with Gasteiger partial charge in [0.25, 0.3) is 0 Å². The van der Waals surface area contributed by atoms with Crippen LogP contribution in [0.3, 0.4) is 0 Å². The van der Waals surface area contributed by atoms with Gasteiger partial charge in [-0.25, -0.2) is 4.98 Å². The molecule has 4 nitrogen and oxygen atoms in total. The smallest absolute Gasteiger partial charge is 0.138 e. The number of aryl methyl sites for hydroxylation is 12. The molecule has 0 aliphatic rings. The quantitative estimate of drug-likeness (QED) is 0.160. The third-order valence-corrected chi connectivity index (χ3v) is 16.1. The lowest BCUT2D eigenvalue weighted by molar-refractivity contribution is 1.06. The number of pyridine rings is 1. The van der Waals surface area contributed by atoms with Crippen molar-refractivity contribution < 1.29 is 0 Å². The predicted octanol–water partition coefficient (Wildman–Crippen LogP) is 19.2. The van der Waals surface area contributed by atoms with E-state index in [9.17, 15) is 5.26 Å². The molecule has 370 valence electrons. The monoisotopic (exact) mass is 982 g/mol. The summed E-state index contributed by atoms with van der Waals surface area (Å²) < 4.78 is 4.84. The Balaban J connectivity index is 1.19. The first kappa shape index (κ1) is 48.2. The van der Waals surface area contributed by atoms with Crippen LogP contribution in [-0.2, 0) is 0 Å². The summed E-state index contributed by atoms with van der Waals surface area (Å²) in [6, 6.07) is 59.0. The van der Waals surface area contributed by atoms with E-state index in [1.165, 1.54) is 133 Å². The zero-order valence-electron chi connectivity index (χ0n) is 45.8. The second-order valence-corrected chi connectivity index (χ2v) is 21.9. The normalized spacial score (nSPS) is 11.7. The van der Waals surface area contributed by atoms with Crippen molar-refractivity contribution in [1.82, 2.24) is 14.1 Å². The molecule has 0 fully saturated rings. The largest absolute Gasteiger partial charge is 0.307 e. The molecular formula is C72H62N4. The maximum atomic E-state index is 10.1. The molecule has 0 aliphatic carbocycles. The maximum Gasteiger partial charge on any atom is 0.138 e. The van der Waals surface area contributed by atoms with Gasteiger partial charge in [0.1, 0.15) is 5.82 Å². The average molecular weight is 983 g/mol. The lowest BCUT2D eigenvalue weighted by Crippen LogP contribution is -2.04. The van der Waals surface area contributed by atoms with Gasteiger partial charge in [0.2, 0.25) is 0 Å². The molecule has 12 rings (SSSR count). The van der Waals surface area contributed by atoms with Gasteiger partial charge in [0, 0.05) is 27.1 Å². The molecule has 0 spiro atoms. The molecule has 0 atom stereocenters. The number of benzene rings is 9. The maximum absolute atomic E-state index is 10.1. The van der Waals surface area contributed by atoms with Crippen molar-refractivity contribution in [2.45, 2.75) is 83.1 Å². The van der Waals surface area contributed by atoms with Crippen molar-refractivity contribution in [1.29, 1.82) is 5.26 Å². The van der Waals surface area contributed by atoms with Gasteiger partial charge in [-0.1, -0.05) is 131 Å². The van der Waals surface area contributed by atoms with Crippen LogP contribution in [-0.4, -0.2) is 14.1 Å². The Morgan fingerprint density at radius 1 is 0.329 bits per heavy atom. The summed E-state index contributed by atoms with van der Waals surface area (Å²) in [4.78, 5) is 5.64. The highest BCUT2D eigenvalue weighted by molar-refractivity contribution is 6.13. The molecule has 9 aromatic carbocycles. The molecule has 0 bridgehead atoms. The zero-order chi connectivity index (χ0) is 53.0. The van der Waals surface area contributed by atoms with Crippen LogP contribution < -0.4 is 0 Å².